The van der Waals surface area contributed by atoms with E-state index in [1.165, 1.54) is 7.11 Å². The molecule has 8 heteroatoms. The number of esters is 1. The quantitative estimate of drug-likeness (QED) is 0.819. The highest BCUT2D eigenvalue weighted by molar-refractivity contribution is 5.76. The van der Waals surface area contributed by atoms with Crippen molar-refractivity contribution in [1.82, 2.24) is 10.6 Å². The number of benzene rings is 1. The molecule has 0 spiro atoms. The van der Waals surface area contributed by atoms with E-state index >= 15 is 0 Å². The molecule has 1 atom stereocenters. The van der Waals surface area contributed by atoms with E-state index in [-0.39, 0.29) is 6.42 Å². The van der Waals surface area contributed by atoms with E-state index in [1.807, 2.05) is 0 Å². The van der Waals surface area contributed by atoms with Crippen LogP contribution in [0.4, 0.5) is 18.0 Å². The third-order valence-corrected chi connectivity index (χ3v) is 2.56. The van der Waals surface area contributed by atoms with Crippen molar-refractivity contribution < 1.29 is 27.5 Å². The number of methoxy groups -OCH3 is 1. The second-order valence-corrected chi connectivity index (χ2v) is 4.19. The van der Waals surface area contributed by atoms with Crippen molar-refractivity contribution in [2.45, 2.75) is 18.6 Å². The Kier molecular flexibility index (Phi) is 6.01. The number of rotatable bonds is 5. The summed E-state index contributed by atoms with van der Waals surface area (Å²) in [5.41, 5.74) is 0.588. The SMILES string of the molecule is COC(=O)C[C@@H](NC(=O)NCC(F)(F)F)c1ccccc1. The zero-order valence-electron chi connectivity index (χ0n) is 11.2. The van der Waals surface area contributed by atoms with Gasteiger partial charge in [-0.1, -0.05) is 30.3 Å². The zero-order chi connectivity index (χ0) is 15.9. The Morgan fingerprint density at radius 3 is 2.38 bits per heavy atom. The number of carbonyl (C=O) groups is 2. The molecule has 5 nitrogen and oxygen atoms in total. The van der Waals surface area contributed by atoms with E-state index < -0.39 is 30.8 Å². The molecule has 1 aromatic rings. The van der Waals surface area contributed by atoms with Crippen LogP contribution in [0.25, 0.3) is 0 Å². The van der Waals surface area contributed by atoms with Crippen molar-refractivity contribution in [2.24, 2.45) is 0 Å². The minimum Gasteiger partial charge on any atom is -0.469 e. The molecule has 0 radical (unpaired) electrons. The number of hydrogen-bond acceptors (Lipinski definition) is 3. The van der Waals surface area contributed by atoms with Crippen LogP contribution in [0.15, 0.2) is 30.3 Å². The number of ether oxygens (including phenoxy) is 1. The lowest BCUT2D eigenvalue weighted by molar-refractivity contribution is -0.141. The maximum atomic E-state index is 12.0. The summed E-state index contributed by atoms with van der Waals surface area (Å²) < 4.78 is 40.6. The number of carbonyl (C=O) groups excluding carboxylic acids is 2. The molecule has 0 aliphatic carbocycles. The topological polar surface area (TPSA) is 67.4 Å². The first-order valence-corrected chi connectivity index (χ1v) is 6.04. The summed E-state index contributed by atoms with van der Waals surface area (Å²) >= 11 is 0. The standard InChI is InChI=1S/C13H15F3N2O3/c1-21-11(19)7-10(9-5-3-2-4-6-9)18-12(20)17-8-13(14,15)16/h2-6,10H,7-8H2,1H3,(H2,17,18,20)/t10-/m1/s1. The van der Waals surface area contributed by atoms with Gasteiger partial charge in [-0.15, -0.1) is 0 Å². The van der Waals surface area contributed by atoms with E-state index in [9.17, 15) is 22.8 Å². The summed E-state index contributed by atoms with van der Waals surface area (Å²) in [6.07, 6.45) is -4.68. The van der Waals surface area contributed by atoms with Crippen LogP contribution in [0.5, 0.6) is 0 Å². The fourth-order valence-corrected chi connectivity index (χ4v) is 1.58. The number of amides is 2. The molecule has 1 aromatic carbocycles. The van der Waals surface area contributed by atoms with Gasteiger partial charge in [0.25, 0.3) is 0 Å². The van der Waals surface area contributed by atoms with Crippen LogP contribution in [-0.2, 0) is 9.53 Å². The highest BCUT2D eigenvalue weighted by atomic mass is 19.4. The summed E-state index contributed by atoms with van der Waals surface area (Å²) in [6, 6.07) is 6.64. The van der Waals surface area contributed by atoms with Gasteiger partial charge in [0.1, 0.15) is 6.54 Å². The molecule has 2 N–H and O–H groups in total. The second-order valence-electron chi connectivity index (χ2n) is 4.19. The van der Waals surface area contributed by atoms with Gasteiger partial charge in [0.2, 0.25) is 0 Å². The van der Waals surface area contributed by atoms with E-state index in [2.05, 4.69) is 10.1 Å². The molecule has 0 aliphatic heterocycles. The largest absolute Gasteiger partial charge is 0.469 e. The summed E-state index contributed by atoms with van der Waals surface area (Å²) in [6.45, 7) is -1.45. The maximum absolute atomic E-state index is 12.0. The van der Waals surface area contributed by atoms with Crippen LogP contribution in [0.3, 0.4) is 0 Å². The molecule has 0 saturated heterocycles. The Bertz CT molecular complexity index is 477. The van der Waals surface area contributed by atoms with Gasteiger partial charge < -0.3 is 15.4 Å². The molecule has 0 fully saturated rings. The summed E-state index contributed by atoms with van der Waals surface area (Å²) in [5.74, 6) is -0.583. The first-order valence-electron chi connectivity index (χ1n) is 6.04. The molecule has 2 amide bonds. The van der Waals surface area contributed by atoms with Crippen molar-refractivity contribution in [3.63, 3.8) is 0 Å². The van der Waals surface area contributed by atoms with Gasteiger partial charge in [-0.3, -0.25) is 4.79 Å². The fourth-order valence-electron chi connectivity index (χ4n) is 1.58. The van der Waals surface area contributed by atoms with Gasteiger partial charge in [0, 0.05) is 0 Å². The maximum Gasteiger partial charge on any atom is 0.405 e. The Morgan fingerprint density at radius 2 is 1.86 bits per heavy atom. The smallest absolute Gasteiger partial charge is 0.405 e. The minimum atomic E-state index is -4.50. The molecule has 0 aliphatic rings. The number of urea groups is 1. The molecule has 21 heavy (non-hydrogen) atoms. The Morgan fingerprint density at radius 1 is 1.24 bits per heavy atom. The molecular weight excluding hydrogens is 289 g/mol. The van der Waals surface area contributed by atoms with Crippen molar-refractivity contribution in [1.29, 1.82) is 0 Å². The minimum absolute atomic E-state index is 0.181. The number of nitrogens with one attached hydrogen (secondary N) is 2. The number of alkyl halides is 3. The lowest BCUT2D eigenvalue weighted by atomic mass is 10.0. The van der Waals surface area contributed by atoms with E-state index in [1.54, 1.807) is 35.6 Å². The first kappa shape index (κ1) is 16.8. The average Bonchev–Trinajstić information content (AvgIpc) is 2.44. The van der Waals surface area contributed by atoms with Gasteiger partial charge in [-0.25, -0.2) is 4.79 Å². The predicted octanol–water partition coefficient (Wildman–Crippen LogP) is 2.15. The van der Waals surface area contributed by atoms with E-state index in [0.717, 1.165) is 0 Å². The molecule has 0 unspecified atom stereocenters. The monoisotopic (exact) mass is 304 g/mol. The van der Waals surface area contributed by atoms with Gasteiger partial charge in [0.05, 0.1) is 19.6 Å². The second kappa shape index (κ2) is 7.51. The third kappa shape index (κ3) is 6.64. The normalized spacial score (nSPS) is 12.4. The van der Waals surface area contributed by atoms with Crippen LogP contribution in [-0.4, -0.2) is 31.8 Å². The van der Waals surface area contributed by atoms with Crippen LogP contribution < -0.4 is 10.6 Å². The van der Waals surface area contributed by atoms with Crippen molar-refractivity contribution in [3.05, 3.63) is 35.9 Å². The lowest BCUT2D eigenvalue weighted by Gasteiger charge is -2.19. The summed E-state index contributed by atoms with van der Waals surface area (Å²) in [5, 5.41) is 4.01. The van der Waals surface area contributed by atoms with Gasteiger partial charge >= 0.3 is 18.2 Å². The molecule has 1 rings (SSSR count). The van der Waals surface area contributed by atoms with Gasteiger partial charge in [-0.05, 0) is 5.56 Å². The highest BCUT2D eigenvalue weighted by Crippen LogP contribution is 2.17. The molecule has 0 heterocycles. The fraction of sp³-hybridized carbons (Fsp3) is 0.385. The average molecular weight is 304 g/mol. The van der Waals surface area contributed by atoms with Crippen LogP contribution in [0.2, 0.25) is 0 Å². The molecule has 0 bridgehead atoms. The Hall–Kier alpha value is -2.25. The molecule has 116 valence electrons. The van der Waals surface area contributed by atoms with Crippen LogP contribution >= 0.6 is 0 Å². The predicted molar refractivity (Wildman–Crippen MR) is 68.4 cm³/mol. The van der Waals surface area contributed by atoms with E-state index in [4.69, 9.17) is 0 Å². The molecular formula is C13H15F3N2O3. The van der Waals surface area contributed by atoms with Crippen LogP contribution in [0.1, 0.15) is 18.0 Å². The Balaban J connectivity index is 2.69. The number of halogens is 3. The molecule has 0 saturated carbocycles. The van der Waals surface area contributed by atoms with Crippen molar-refractivity contribution >= 4 is 12.0 Å². The van der Waals surface area contributed by atoms with Crippen molar-refractivity contribution in [3.8, 4) is 0 Å². The third-order valence-electron chi connectivity index (χ3n) is 2.56. The van der Waals surface area contributed by atoms with Gasteiger partial charge in [0.15, 0.2) is 0 Å². The highest BCUT2D eigenvalue weighted by Gasteiger charge is 2.28. The van der Waals surface area contributed by atoms with Crippen LogP contribution in [0, 0.1) is 0 Å². The zero-order valence-corrected chi connectivity index (χ0v) is 11.2. The van der Waals surface area contributed by atoms with Gasteiger partial charge in [-0.2, -0.15) is 13.2 Å². The lowest BCUT2D eigenvalue weighted by Crippen LogP contribution is -2.42. The van der Waals surface area contributed by atoms with E-state index in [0.29, 0.717) is 5.56 Å². The summed E-state index contributed by atoms with van der Waals surface area (Å²) in [4.78, 5) is 22.8. The first-order chi connectivity index (χ1) is 9.81. The summed E-state index contributed by atoms with van der Waals surface area (Å²) in [7, 11) is 1.19. The molecule has 0 aromatic heterocycles. The van der Waals surface area contributed by atoms with Crippen molar-refractivity contribution in [2.75, 3.05) is 13.7 Å². The Labute approximate surface area is 119 Å². The number of hydrogen-bond donors (Lipinski definition) is 2.